The van der Waals surface area contributed by atoms with E-state index in [9.17, 15) is 0 Å². The maximum Gasteiger partial charge on any atom is 0.238 e. The van der Waals surface area contributed by atoms with Crippen LogP contribution in [0.15, 0.2) is 36.5 Å². The zero-order valence-electron chi connectivity index (χ0n) is 9.39. The van der Waals surface area contributed by atoms with E-state index in [0.29, 0.717) is 5.88 Å². The third kappa shape index (κ3) is 2.06. The van der Waals surface area contributed by atoms with Crippen molar-refractivity contribution < 1.29 is 4.74 Å². The number of nitrogens with one attached hydrogen (secondary N) is 1. The van der Waals surface area contributed by atoms with Crippen molar-refractivity contribution in [3.05, 3.63) is 42.1 Å². The molecule has 0 spiro atoms. The Balaban J connectivity index is 1.93. The van der Waals surface area contributed by atoms with Crippen molar-refractivity contribution in [2.45, 2.75) is 12.8 Å². The van der Waals surface area contributed by atoms with Gasteiger partial charge < -0.3 is 10.1 Å². The first-order chi connectivity index (χ1) is 8.43. The van der Waals surface area contributed by atoms with Gasteiger partial charge in [-0.05, 0) is 30.5 Å². The van der Waals surface area contributed by atoms with Gasteiger partial charge in [0.1, 0.15) is 0 Å². The van der Waals surface area contributed by atoms with Crippen LogP contribution in [0, 0.1) is 0 Å². The van der Waals surface area contributed by atoms with E-state index >= 15 is 0 Å². The molecule has 86 valence electrons. The average molecular weight is 227 g/mol. The number of benzene rings is 1. The van der Waals surface area contributed by atoms with E-state index in [1.807, 2.05) is 18.2 Å². The molecule has 0 radical (unpaired) electrons. The van der Waals surface area contributed by atoms with Crippen molar-refractivity contribution in [1.29, 1.82) is 0 Å². The fraction of sp³-hybridized carbons (Fsp3) is 0.231. The molecule has 0 unspecified atom stereocenters. The van der Waals surface area contributed by atoms with Gasteiger partial charge in [0.25, 0.3) is 0 Å². The summed E-state index contributed by atoms with van der Waals surface area (Å²) in [4.78, 5) is 0. The molecule has 0 amide bonds. The van der Waals surface area contributed by atoms with Crippen molar-refractivity contribution >= 4 is 5.69 Å². The number of aromatic nitrogens is 2. The zero-order chi connectivity index (χ0) is 11.5. The molecule has 1 aliphatic heterocycles. The highest BCUT2D eigenvalue weighted by molar-refractivity contribution is 5.63. The van der Waals surface area contributed by atoms with E-state index in [0.717, 1.165) is 24.4 Å². The van der Waals surface area contributed by atoms with Gasteiger partial charge in [-0.1, -0.05) is 12.1 Å². The molecule has 1 N–H and O–H groups in total. The second kappa shape index (κ2) is 4.41. The second-order valence-corrected chi connectivity index (χ2v) is 3.98. The van der Waals surface area contributed by atoms with Crippen molar-refractivity contribution in [3.8, 4) is 11.6 Å². The van der Waals surface area contributed by atoms with E-state index in [1.54, 1.807) is 12.3 Å². The lowest BCUT2D eigenvalue weighted by atomic mass is 10.0. The van der Waals surface area contributed by atoms with Crippen LogP contribution in [0.1, 0.15) is 12.0 Å². The van der Waals surface area contributed by atoms with Crippen LogP contribution in [0.5, 0.6) is 11.6 Å². The summed E-state index contributed by atoms with van der Waals surface area (Å²) in [6.07, 6.45) is 3.90. The fourth-order valence-electron chi connectivity index (χ4n) is 2.02. The number of anilines is 1. The van der Waals surface area contributed by atoms with Crippen LogP contribution >= 0.6 is 0 Å². The molecule has 2 aromatic rings. The molecule has 1 aromatic carbocycles. The van der Waals surface area contributed by atoms with E-state index in [-0.39, 0.29) is 0 Å². The fourth-order valence-corrected chi connectivity index (χ4v) is 2.02. The minimum absolute atomic E-state index is 0.522. The van der Waals surface area contributed by atoms with Crippen LogP contribution in [-0.2, 0) is 6.42 Å². The minimum atomic E-state index is 0.522. The molecule has 17 heavy (non-hydrogen) atoms. The molecule has 0 atom stereocenters. The smallest absolute Gasteiger partial charge is 0.238 e. The summed E-state index contributed by atoms with van der Waals surface area (Å²) in [5.41, 5.74) is 2.39. The van der Waals surface area contributed by atoms with Gasteiger partial charge in [-0.15, -0.1) is 5.10 Å². The molecule has 3 rings (SSSR count). The predicted octanol–water partition coefficient (Wildman–Crippen LogP) is 2.63. The van der Waals surface area contributed by atoms with Crippen LogP contribution < -0.4 is 10.1 Å². The third-order valence-electron chi connectivity index (χ3n) is 2.80. The van der Waals surface area contributed by atoms with Gasteiger partial charge in [0, 0.05) is 18.8 Å². The highest BCUT2D eigenvalue weighted by atomic mass is 16.5. The molecular formula is C13H13N3O. The Kier molecular flexibility index (Phi) is 2.62. The highest BCUT2D eigenvalue weighted by Crippen LogP contribution is 2.34. The third-order valence-corrected chi connectivity index (χ3v) is 2.80. The maximum absolute atomic E-state index is 5.74. The molecule has 0 fully saturated rings. The number of hydrogen-bond donors (Lipinski definition) is 1. The normalized spacial score (nSPS) is 13.6. The largest absolute Gasteiger partial charge is 0.435 e. The van der Waals surface area contributed by atoms with Crippen molar-refractivity contribution in [2.24, 2.45) is 0 Å². The lowest BCUT2D eigenvalue weighted by Crippen LogP contribution is -2.12. The first-order valence-corrected chi connectivity index (χ1v) is 5.75. The first kappa shape index (κ1) is 10.1. The standard InChI is InChI=1S/C13H13N3O/c1-4-10-5-2-8-14-13(10)11(6-1)17-12-7-3-9-15-16-12/h1,3-4,6-7,9,14H,2,5,8H2. The Morgan fingerprint density at radius 1 is 1.18 bits per heavy atom. The number of nitrogens with zero attached hydrogens (tertiary/aromatic N) is 2. The lowest BCUT2D eigenvalue weighted by molar-refractivity contribution is 0.455. The van der Waals surface area contributed by atoms with Gasteiger partial charge in [0.05, 0.1) is 5.69 Å². The quantitative estimate of drug-likeness (QED) is 0.856. The Morgan fingerprint density at radius 2 is 2.18 bits per heavy atom. The topological polar surface area (TPSA) is 47.0 Å². The lowest BCUT2D eigenvalue weighted by Gasteiger charge is -2.20. The van der Waals surface area contributed by atoms with Crippen molar-refractivity contribution in [2.75, 3.05) is 11.9 Å². The molecule has 4 nitrogen and oxygen atoms in total. The summed E-state index contributed by atoms with van der Waals surface area (Å²) in [5.74, 6) is 1.34. The highest BCUT2D eigenvalue weighted by Gasteiger charge is 2.13. The van der Waals surface area contributed by atoms with Crippen LogP contribution in [0.2, 0.25) is 0 Å². The van der Waals surface area contributed by atoms with Gasteiger partial charge in [0.15, 0.2) is 5.75 Å². The number of fused-ring (bicyclic) bond motifs is 1. The Morgan fingerprint density at radius 3 is 3.06 bits per heavy atom. The molecular weight excluding hydrogens is 214 g/mol. The molecule has 0 saturated heterocycles. The van der Waals surface area contributed by atoms with Gasteiger partial charge in [-0.2, -0.15) is 5.10 Å². The first-order valence-electron chi connectivity index (χ1n) is 5.75. The predicted molar refractivity (Wildman–Crippen MR) is 65.4 cm³/mol. The van der Waals surface area contributed by atoms with Gasteiger partial charge in [0.2, 0.25) is 5.88 Å². The molecule has 0 bridgehead atoms. The van der Waals surface area contributed by atoms with Crippen LogP contribution in [-0.4, -0.2) is 16.7 Å². The van der Waals surface area contributed by atoms with E-state index in [2.05, 4.69) is 21.6 Å². The maximum atomic E-state index is 5.74. The summed E-state index contributed by atoms with van der Waals surface area (Å²) in [6, 6.07) is 9.70. The molecule has 1 aromatic heterocycles. The number of rotatable bonds is 2. The number of para-hydroxylation sites is 1. The summed E-state index contributed by atoms with van der Waals surface area (Å²) in [6.45, 7) is 0.994. The number of aryl methyl sites for hydroxylation is 1. The van der Waals surface area contributed by atoms with Gasteiger partial charge >= 0.3 is 0 Å². The monoisotopic (exact) mass is 227 g/mol. The minimum Gasteiger partial charge on any atom is -0.435 e. The Bertz CT molecular complexity index is 513. The summed E-state index contributed by atoms with van der Waals surface area (Å²) in [5, 5.41) is 11.1. The van der Waals surface area contributed by atoms with E-state index < -0.39 is 0 Å². The Labute approximate surface area is 99.6 Å². The summed E-state index contributed by atoms with van der Waals surface area (Å²) < 4.78 is 5.74. The Hall–Kier alpha value is -2.10. The molecule has 0 aliphatic carbocycles. The number of hydrogen-bond acceptors (Lipinski definition) is 4. The van der Waals surface area contributed by atoms with E-state index in [4.69, 9.17) is 4.74 Å². The van der Waals surface area contributed by atoms with Crippen LogP contribution in [0.3, 0.4) is 0 Å². The van der Waals surface area contributed by atoms with Crippen molar-refractivity contribution in [3.63, 3.8) is 0 Å². The summed E-state index contributed by atoms with van der Waals surface area (Å²) >= 11 is 0. The van der Waals surface area contributed by atoms with Crippen LogP contribution in [0.25, 0.3) is 0 Å². The number of ether oxygens (including phenoxy) is 1. The van der Waals surface area contributed by atoms with Gasteiger partial charge in [-0.3, -0.25) is 0 Å². The molecule has 1 aliphatic rings. The van der Waals surface area contributed by atoms with E-state index in [1.165, 1.54) is 12.0 Å². The SMILES string of the molecule is c1cnnc(Oc2cccc3c2NCCC3)c1. The molecule has 2 heterocycles. The molecule has 0 saturated carbocycles. The van der Waals surface area contributed by atoms with Gasteiger partial charge in [-0.25, -0.2) is 0 Å². The zero-order valence-corrected chi connectivity index (χ0v) is 9.39. The second-order valence-electron chi connectivity index (χ2n) is 3.98. The molecule has 4 heteroatoms. The average Bonchev–Trinajstić information content (AvgIpc) is 2.40. The van der Waals surface area contributed by atoms with Crippen LogP contribution in [0.4, 0.5) is 5.69 Å². The summed E-state index contributed by atoms with van der Waals surface area (Å²) in [7, 11) is 0. The van der Waals surface area contributed by atoms with Crippen molar-refractivity contribution in [1.82, 2.24) is 10.2 Å².